The van der Waals surface area contributed by atoms with Crippen LogP contribution in [0.5, 0.6) is 0 Å². The van der Waals surface area contributed by atoms with E-state index in [-0.39, 0.29) is 6.61 Å². The Labute approximate surface area is 78.7 Å². The summed E-state index contributed by atoms with van der Waals surface area (Å²) in [6.45, 7) is 2.03. The number of piperidine rings is 1. The summed E-state index contributed by atoms with van der Waals surface area (Å²) in [7, 11) is 0. The second kappa shape index (κ2) is 3.76. The number of hydrogen-bond acceptors (Lipinski definition) is 3. The van der Waals surface area contributed by atoms with Gasteiger partial charge in [0.15, 0.2) is 0 Å². The molecule has 2 rings (SSSR count). The van der Waals surface area contributed by atoms with Gasteiger partial charge >= 0.3 is 0 Å². The van der Waals surface area contributed by atoms with Crippen LogP contribution in [0.25, 0.3) is 0 Å². The SMILES string of the molecule is O=C1C[C@@H]2CCN(CCO)[C@H](C1)C2. The van der Waals surface area contributed by atoms with Crippen molar-refractivity contribution in [2.75, 3.05) is 19.7 Å². The molecule has 2 aliphatic rings. The van der Waals surface area contributed by atoms with Crippen molar-refractivity contribution in [3.05, 3.63) is 0 Å². The summed E-state index contributed by atoms with van der Waals surface area (Å²) in [4.78, 5) is 13.6. The van der Waals surface area contributed by atoms with Gasteiger partial charge in [0.2, 0.25) is 0 Å². The molecule has 3 nitrogen and oxygen atoms in total. The van der Waals surface area contributed by atoms with E-state index in [1.54, 1.807) is 0 Å². The number of carbonyl (C=O) groups excluding carboxylic acids is 1. The van der Waals surface area contributed by atoms with Crippen LogP contribution in [0.2, 0.25) is 0 Å². The molecule has 2 bridgehead atoms. The maximum atomic E-state index is 11.3. The van der Waals surface area contributed by atoms with E-state index in [9.17, 15) is 4.79 Å². The number of β-amino-alcohol motifs (C(OH)–C–C–N with tert-alkyl or cyclic N) is 1. The molecule has 1 saturated carbocycles. The Bertz CT molecular complexity index is 205. The summed E-state index contributed by atoms with van der Waals surface area (Å²) in [5.74, 6) is 1.06. The van der Waals surface area contributed by atoms with Crippen molar-refractivity contribution in [3.63, 3.8) is 0 Å². The lowest BCUT2D eigenvalue weighted by Crippen LogP contribution is -2.48. The minimum absolute atomic E-state index is 0.218. The highest BCUT2D eigenvalue weighted by Gasteiger charge is 2.34. The molecule has 2 atom stereocenters. The fourth-order valence-corrected chi connectivity index (χ4v) is 2.67. The van der Waals surface area contributed by atoms with Crippen molar-refractivity contribution in [2.45, 2.75) is 31.7 Å². The van der Waals surface area contributed by atoms with Gasteiger partial charge in [0.05, 0.1) is 6.61 Å². The average molecular weight is 183 g/mol. The van der Waals surface area contributed by atoms with Crippen molar-refractivity contribution < 1.29 is 9.90 Å². The molecular formula is C10H17NO2. The standard InChI is InChI=1S/C10H17NO2/c12-4-3-11-2-1-8-5-9(11)7-10(13)6-8/h8-9,12H,1-7H2/t8-,9+/m1/s1. The van der Waals surface area contributed by atoms with Crippen LogP contribution < -0.4 is 0 Å². The van der Waals surface area contributed by atoms with E-state index < -0.39 is 0 Å². The van der Waals surface area contributed by atoms with E-state index >= 15 is 0 Å². The molecule has 1 heterocycles. The maximum Gasteiger partial charge on any atom is 0.134 e. The first-order valence-corrected chi connectivity index (χ1v) is 5.16. The molecule has 1 saturated heterocycles. The van der Waals surface area contributed by atoms with Crippen molar-refractivity contribution >= 4 is 5.78 Å². The van der Waals surface area contributed by atoms with Gasteiger partial charge in [-0.1, -0.05) is 0 Å². The van der Waals surface area contributed by atoms with Gasteiger partial charge in [-0.05, 0) is 25.3 Å². The quantitative estimate of drug-likeness (QED) is 0.674. The van der Waals surface area contributed by atoms with Gasteiger partial charge in [0.25, 0.3) is 0 Å². The molecule has 2 fully saturated rings. The van der Waals surface area contributed by atoms with Gasteiger partial charge < -0.3 is 5.11 Å². The number of likely N-dealkylation sites (tertiary alicyclic amines) is 1. The van der Waals surface area contributed by atoms with Crippen LogP contribution in [0.3, 0.4) is 0 Å². The average Bonchev–Trinajstić information content (AvgIpc) is 2.10. The normalized spacial score (nSPS) is 35.0. The molecule has 0 radical (unpaired) electrons. The largest absolute Gasteiger partial charge is 0.395 e. The predicted molar refractivity (Wildman–Crippen MR) is 49.4 cm³/mol. The molecule has 0 aromatic heterocycles. The number of nitrogens with zero attached hydrogens (tertiary/aromatic N) is 1. The first-order chi connectivity index (χ1) is 6.29. The summed E-state index contributed by atoms with van der Waals surface area (Å²) >= 11 is 0. The Hall–Kier alpha value is -0.410. The molecule has 0 unspecified atom stereocenters. The van der Waals surface area contributed by atoms with Gasteiger partial charge in [-0.15, -0.1) is 0 Å². The van der Waals surface area contributed by atoms with E-state index in [0.29, 0.717) is 17.7 Å². The highest BCUT2D eigenvalue weighted by molar-refractivity contribution is 5.80. The Morgan fingerprint density at radius 1 is 1.46 bits per heavy atom. The Balaban J connectivity index is 1.98. The lowest BCUT2D eigenvalue weighted by atomic mass is 9.79. The van der Waals surface area contributed by atoms with Crippen molar-refractivity contribution in [1.82, 2.24) is 4.90 Å². The van der Waals surface area contributed by atoms with Crippen LogP contribution in [-0.2, 0) is 4.79 Å². The van der Waals surface area contributed by atoms with Gasteiger partial charge in [0.1, 0.15) is 5.78 Å². The topological polar surface area (TPSA) is 40.5 Å². The molecule has 0 amide bonds. The van der Waals surface area contributed by atoms with Crippen molar-refractivity contribution in [1.29, 1.82) is 0 Å². The summed E-state index contributed by atoms with van der Waals surface area (Å²) in [6, 6.07) is 0.437. The first-order valence-electron chi connectivity index (χ1n) is 5.16. The second-order valence-electron chi connectivity index (χ2n) is 4.25. The highest BCUT2D eigenvalue weighted by Crippen LogP contribution is 2.32. The third-order valence-corrected chi connectivity index (χ3v) is 3.31. The van der Waals surface area contributed by atoms with E-state index in [2.05, 4.69) is 4.90 Å². The molecule has 0 spiro atoms. The number of ketones is 1. The predicted octanol–water partition coefficient (Wildman–Crippen LogP) is 0.422. The van der Waals surface area contributed by atoms with E-state index in [1.165, 1.54) is 6.42 Å². The number of rotatable bonds is 2. The van der Waals surface area contributed by atoms with Gasteiger partial charge in [-0.25, -0.2) is 0 Å². The number of aliphatic hydroxyl groups excluding tert-OH is 1. The van der Waals surface area contributed by atoms with Crippen LogP contribution in [0.4, 0.5) is 0 Å². The summed E-state index contributed by atoms with van der Waals surface area (Å²) in [6.07, 6.45) is 3.84. The third-order valence-electron chi connectivity index (χ3n) is 3.31. The lowest BCUT2D eigenvalue weighted by molar-refractivity contribution is -0.125. The Kier molecular flexibility index (Phi) is 2.65. The Morgan fingerprint density at radius 2 is 2.31 bits per heavy atom. The molecule has 1 aliphatic heterocycles. The van der Waals surface area contributed by atoms with Crippen LogP contribution in [-0.4, -0.2) is 41.5 Å². The fraction of sp³-hybridized carbons (Fsp3) is 0.900. The van der Waals surface area contributed by atoms with Crippen molar-refractivity contribution in [2.24, 2.45) is 5.92 Å². The summed E-state index contributed by atoms with van der Waals surface area (Å²) in [5, 5.41) is 8.86. The van der Waals surface area contributed by atoms with Crippen LogP contribution in [0.15, 0.2) is 0 Å². The van der Waals surface area contributed by atoms with Crippen LogP contribution in [0.1, 0.15) is 25.7 Å². The monoisotopic (exact) mass is 183 g/mol. The lowest BCUT2D eigenvalue weighted by Gasteiger charge is -2.42. The highest BCUT2D eigenvalue weighted by atomic mass is 16.3. The third kappa shape index (κ3) is 1.92. The van der Waals surface area contributed by atoms with E-state index in [4.69, 9.17) is 5.11 Å². The van der Waals surface area contributed by atoms with Gasteiger partial charge in [-0.3, -0.25) is 9.69 Å². The van der Waals surface area contributed by atoms with E-state index in [0.717, 1.165) is 32.4 Å². The molecular weight excluding hydrogens is 166 g/mol. The number of carbonyl (C=O) groups is 1. The molecule has 1 aliphatic carbocycles. The Morgan fingerprint density at radius 3 is 3.08 bits per heavy atom. The van der Waals surface area contributed by atoms with Crippen LogP contribution in [0, 0.1) is 5.92 Å². The second-order valence-corrected chi connectivity index (χ2v) is 4.25. The van der Waals surface area contributed by atoms with Crippen molar-refractivity contribution in [3.8, 4) is 0 Å². The molecule has 3 heteroatoms. The summed E-state index contributed by atoms with van der Waals surface area (Å²) in [5.41, 5.74) is 0. The molecule has 74 valence electrons. The molecule has 13 heavy (non-hydrogen) atoms. The number of hydrogen-bond donors (Lipinski definition) is 1. The molecule has 0 aromatic rings. The maximum absolute atomic E-state index is 11.3. The number of Topliss-reactive ketones (excluding diaryl/α,β-unsaturated/α-hetero) is 1. The number of fused-ring (bicyclic) bond motifs is 2. The number of aliphatic hydroxyl groups is 1. The zero-order valence-corrected chi connectivity index (χ0v) is 7.91. The molecule has 0 aromatic carbocycles. The minimum atomic E-state index is 0.218. The summed E-state index contributed by atoms with van der Waals surface area (Å²) < 4.78 is 0. The first kappa shape index (κ1) is 9.16. The van der Waals surface area contributed by atoms with Gasteiger partial charge in [-0.2, -0.15) is 0 Å². The van der Waals surface area contributed by atoms with Gasteiger partial charge in [0, 0.05) is 25.4 Å². The smallest absolute Gasteiger partial charge is 0.134 e. The fourth-order valence-electron chi connectivity index (χ4n) is 2.67. The van der Waals surface area contributed by atoms with Crippen LogP contribution >= 0.6 is 0 Å². The zero-order valence-electron chi connectivity index (χ0n) is 7.91. The van der Waals surface area contributed by atoms with E-state index in [1.807, 2.05) is 0 Å². The minimum Gasteiger partial charge on any atom is -0.395 e. The molecule has 1 N–H and O–H groups in total. The zero-order chi connectivity index (χ0) is 9.26.